The zero-order valence-electron chi connectivity index (χ0n) is 23.0. The van der Waals surface area contributed by atoms with Gasteiger partial charge in [-0.3, -0.25) is 13.9 Å². The highest BCUT2D eigenvalue weighted by Crippen LogP contribution is 2.25. The van der Waals surface area contributed by atoms with E-state index in [9.17, 15) is 22.4 Å². The normalized spacial score (nSPS) is 12.2. The zero-order chi connectivity index (χ0) is 28.7. The minimum absolute atomic E-state index is 0.169. The molecule has 0 unspecified atom stereocenters. The molecule has 0 aliphatic heterocycles. The molecular weight excluding hydrogens is 517 g/mol. The van der Waals surface area contributed by atoms with Gasteiger partial charge in [0.05, 0.1) is 11.9 Å². The number of hydrogen-bond acceptors (Lipinski definition) is 4. The summed E-state index contributed by atoms with van der Waals surface area (Å²) < 4.78 is 41.6. The van der Waals surface area contributed by atoms with Crippen molar-refractivity contribution in [2.24, 2.45) is 0 Å². The molecule has 0 saturated carbocycles. The first-order chi connectivity index (χ1) is 18.4. The van der Waals surface area contributed by atoms with Crippen molar-refractivity contribution < 1.29 is 22.4 Å². The molecule has 7 nitrogen and oxygen atoms in total. The van der Waals surface area contributed by atoms with E-state index in [2.05, 4.69) is 5.32 Å². The van der Waals surface area contributed by atoms with E-state index in [-0.39, 0.29) is 24.6 Å². The van der Waals surface area contributed by atoms with E-state index in [0.717, 1.165) is 21.7 Å². The Morgan fingerprint density at radius 2 is 1.59 bits per heavy atom. The molecule has 0 saturated heterocycles. The van der Waals surface area contributed by atoms with Gasteiger partial charge in [-0.2, -0.15) is 0 Å². The number of carbonyl (C=O) groups excluding carboxylic acids is 2. The number of nitrogens with one attached hydrogen (secondary N) is 1. The Morgan fingerprint density at radius 3 is 2.18 bits per heavy atom. The average molecular weight is 554 g/mol. The summed E-state index contributed by atoms with van der Waals surface area (Å²) >= 11 is 0. The SMILES string of the molecule is Cc1ccc(N(CC(=O)N(Cc2ccccc2F)[C@H](Cc2ccccc2)C(=O)NC(C)C)S(C)(=O)=O)c(C)c1. The number of benzene rings is 3. The third kappa shape index (κ3) is 8.13. The van der Waals surface area contributed by atoms with E-state index in [1.165, 1.54) is 11.0 Å². The fourth-order valence-electron chi connectivity index (χ4n) is 4.42. The third-order valence-corrected chi connectivity index (χ3v) is 7.43. The maximum atomic E-state index is 14.8. The number of anilines is 1. The lowest BCUT2D eigenvalue weighted by Crippen LogP contribution is -2.54. The van der Waals surface area contributed by atoms with Crippen LogP contribution in [0.15, 0.2) is 72.8 Å². The van der Waals surface area contributed by atoms with Crippen molar-refractivity contribution in [3.05, 3.63) is 101 Å². The molecule has 0 bridgehead atoms. The molecule has 3 aromatic carbocycles. The molecule has 0 aliphatic carbocycles. The summed E-state index contributed by atoms with van der Waals surface area (Å²) in [5, 5.41) is 2.87. The number of nitrogens with zero attached hydrogens (tertiary/aromatic N) is 2. The number of hydrogen-bond donors (Lipinski definition) is 1. The number of carbonyl (C=O) groups is 2. The Kier molecular flexibility index (Phi) is 9.86. The smallest absolute Gasteiger partial charge is 0.244 e. The molecule has 0 heterocycles. The molecule has 0 radical (unpaired) electrons. The van der Waals surface area contributed by atoms with Gasteiger partial charge < -0.3 is 10.2 Å². The molecule has 3 aromatic rings. The van der Waals surface area contributed by atoms with Crippen LogP contribution < -0.4 is 9.62 Å². The molecule has 1 atom stereocenters. The molecule has 39 heavy (non-hydrogen) atoms. The Bertz CT molecular complexity index is 1410. The van der Waals surface area contributed by atoms with Gasteiger partial charge in [0.15, 0.2) is 0 Å². The summed E-state index contributed by atoms with van der Waals surface area (Å²) in [6.07, 6.45) is 1.20. The Hall–Kier alpha value is -3.72. The molecule has 208 valence electrons. The van der Waals surface area contributed by atoms with E-state index >= 15 is 0 Å². The summed E-state index contributed by atoms with van der Waals surface area (Å²) in [5.41, 5.74) is 3.03. The molecular formula is C30H36FN3O4S. The first-order valence-electron chi connectivity index (χ1n) is 12.8. The van der Waals surface area contributed by atoms with Crippen molar-refractivity contribution in [3.8, 4) is 0 Å². The van der Waals surface area contributed by atoms with Gasteiger partial charge in [-0.05, 0) is 51.0 Å². The second-order valence-electron chi connectivity index (χ2n) is 10.0. The molecule has 0 aliphatic rings. The lowest BCUT2D eigenvalue weighted by Gasteiger charge is -2.34. The summed E-state index contributed by atoms with van der Waals surface area (Å²) in [4.78, 5) is 28.8. The van der Waals surface area contributed by atoms with Crippen molar-refractivity contribution in [2.45, 2.75) is 52.7 Å². The van der Waals surface area contributed by atoms with Gasteiger partial charge in [-0.1, -0.05) is 66.2 Å². The highest BCUT2D eigenvalue weighted by atomic mass is 32.2. The van der Waals surface area contributed by atoms with Crippen molar-refractivity contribution in [1.29, 1.82) is 0 Å². The Morgan fingerprint density at radius 1 is 0.949 bits per heavy atom. The maximum absolute atomic E-state index is 14.8. The lowest BCUT2D eigenvalue weighted by molar-refractivity contribution is -0.140. The third-order valence-electron chi connectivity index (χ3n) is 6.30. The van der Waals surface area contributed by atoms with Gasteiger partial charge in [0.1, 0.15) is 18.4 Å². The van der Waals surface area contributed by atoms with Gasteiger partial charge in [0, 0.05) is 24.6 Å². The van der Waals surface area contributed by atoms with Crippen LogP contribution in [0.3, 0.4) is 0 Å². The number of aryl methyl sites for hydroxylation is 2. The first kappa shape index (κ1) is 29.8. The van der Waals surface area contributed by atoms with Crippen LogP contribution in [-0.2, 0) is 32.6 Å². The van der Waals surface area contributed by atoms with Crippen molar-refractivity contribution in [1.82, 2.24) is 10.2 Å². The highest BCUT2D eigenvalue weighted by Gasteiger charge is 2.34. The molecule has 2 amide bonds. The summed E-state index contributed by atoms with van der Waals surface area (Å²) in [5.74, 6) is -1.55. The van der Waals surface area contributed by atoms with E-state index in [0.29, 0.717) is 11.3 Å². The van der Waals surface area contributed by atoms with Crippen molar-refractivity contribution in [3.63, 3.8) is 0 Å². The number of sulfonamides is 1. The maximum Gasteiger partial charge on any atom is 0.244 e. The van der Waals surface area contributed by atoms with Gasteiger partial charge in [-0.25, -0.2) is 12.8 Å². The van der Waals surface area contributed by atoms with Crippen LogP contribution in [0, 0.1) is 19.7 Å². The zero-order valence-corrected chi connectivity index (χ0v) is 23.8. The fraction of sp³-hybridized carbons (Fsp3) is 0.333. The number of rotatable bonds is 11. The second-order valence-corrected chi connectivity index (χ2v) is 11.9. The van der Waals surface area contributed by atoms with Gasteiger partial charge in [0.2, 0.25) is 21.8 Å². The fourth-order valence-corrected chi connectivity index (χ4v) is 5.33. The minimum Gasteiger partial charge on any atom is -0.352 e. The molecule has 0 aromatic heterocycles. The van der Waals surface area contributed by atoms with E-state index < -0.39 is 40.2 Å². The predicted octanol–water partition coefficient (Wildman–Crippen LogP) is 4.37. The number of amides is 2. The van der Waals surface area contributed by atoms with Gasteiger partial charge >= 0.3 is 0 Å². The van der Waals surface area contributed by atoms with Crippen LogP contribution in [0.4, 0.5) is 10.1 Å². The van der Waals surface area contributed by atoms with Crippen molar-refractivity contribution in [2.75, 3.05) is 17.1 Å². The predicted molar refractivity (Wildman–Crippen MR) is 152 cm³/mol. The molecule has 3 rings (SSSR count). The standard InChI is InChI=1S/C30H36FN3O4S/c1-21(2)32-30(36)28(18-24-11-7-6-8-12-24)33(19-25-13-9-10-14-26(25)31)29(35)20-34(39(5,37)38)27-16-15-22(3)17-23(27)4/h6-17,21,28H,18-20H2,1-5H3,(H,32,36)/t28-/m1/s1. The molecule has 1 N–H and O–H groups in total. The molecule has 9 heteroatoms. The van der Waals surface area contributed by atoms with Crippen LogP contribution in [-0.4, -0.2) is 50.0 Å². The quantitative estimate of drug-likeness (QED) is 0.382. The topological polar surface area (TPSA) is 86.8 Å². The summed E-state index contributed by atoms with van der Waals surface area (Å²) in [7, 11) is -3.88. The largest absolute Gasteiger partial charge is 0.352 e. The highest BCUT2D eigenvalue weighted by molar-refractivity contribution is 7.92. The van der Waals surface area contributed by atoms with Gasteiger partial charge in [-0.15, -0.1) is 0 Å². The molecule has 0 spiro atoms. The van der Waals surface area contributed by atoms with E-state index in [4.69, 9.17) is 0 Å². The van der Waals surface area contributed by atoms with E-state index in [1.807, 2.05) is 57.2 Å². The minimum atomic E-state index is -3.88. The van der Waals surface area contributed by atoms with Crippen LogP contribution in [0.25, 0.3) is 0 Å². The van der Waals surface area contributed by atoms with E-state index in [1.54, 1.807) is 37.3 Å². The van der Waals surface area contributed by atoms with Crippen LogP contribution in [0.5, 0.6) is 0 Å². The van der Waals surface area contributed by atoms with Crippen LogP contribution >= 0.6 is 0 Å². The van der Waals surface area contributed by atoms with Crippen molar-refractivity contribution >= 4 is 27.5 Å². The Balaban J connectivity index is 2.08. The molecule has 0 fully saturated rings. The second kappa shape index (κ2) is 12.9. The van der Waals surface area contributed by atoms with Crippen LogP contribution in [0.1, 0.15) is 36.1 Å². The number of halogens is 1. The average Bonchev–Trinajstić information content (AvgIpc) is 2.85. The van der Waals surface area contributed by atoms with Crippen LogP contribution in [0.2, 0.25) is 0 Å². The monoisotopic (exact) mass is 553 g/mol. The summed E-state index contributed by atoms with van der Waals surface area (Å²) in [6.45, 7) is 6.54. The van der Waals surface area contributed by atoms with Gasteiger partial charge in [0.25, 0.3) is 0 Å². The lowest BCUT2D eigenvalue weighted by atomic mass is 10.0. The summed E-state index contributed by atoms with van der Waals surface area (Å²) in [6, 6.07) is 19.3. The Labute approximate surface area is 230 Å². The first-order valence-corrected chi connectivity index (χ1v) is 14.6.